The third-order valence-corrected chi connectivity index (χ3v) is 4.52. The molecule has 0 amide bonds. The van der Waals surface area contributed by atoms with Crippen molar-refractivity contribution in [1.82, 2.24) is 0 Å². The summed E-state index contributed by atoms with van der Waals surface area (Å²) in [4.78, 5) is 13.4. The lowest BCUT2D eigenvalue weighted by Gasteiger charge is -2.33. The van der Waals surface area contributed by atoms with Gasteiger partial charge < -0.3 is 14.2 Å². The number of hydrogen-bond donors (Lipinski definition) is 0. The monoisotopic (exact) mass is 426 g/mol. The molecule has 2 rings (SSSR count). The molecule has 0 atom stereocenters. The summed E-state index contributed by atoms with van der Waals surface area (Å²) in [7, 11) is 0. The highest BCUT2D eigenvalue weighted by atomic mass is 16.6. The summed E-state index contributed by atoms with van der Waals surface area (Å²) >= 11 is 0. The van der Waals surface area contributed by atoms with E-state index in [1.807, 2.05) is 118 Å². The van der Waals surface area contributed by atoms with Crippen LogP contribution in [0.5, 0.6) is 11.5 Å². The van der Waals surface area contributed by atoms with Crippen molar-refractivity contribution < 1.29 is 19.0 Å². The molecule has 0 fully saturated rings. The van der Waals surface area contributed by atoms with Crippen LogP contribution in [-0.4, -0.2) is 22.8 Å². The number of carbonyl (C=O) groups excluding carboxylic acids is 1. The Morgan fingerprint density at radius 1 is 0.548 bits per heavy atom. The maximum Gasteiger partial charge on any atom is 0.321 e. The van der Waals surface area contributed by atoms with Gasteiger partial charge in [-0.2, -0.15) is 0 Å². The largest absolute Gasteiger partial charge is 0.488 e. The van der Waals surface area contributed by atoms with Crippen molar-refractivity contribution >= 4 is 5.97 Å². The summed E-state index contributed by atoms with van der Waals surface area (Å²) in [5.41, 5.74) is -0.478. The number of rotatable bonds is 5. The molecule has 0 N–H and O–H groups in total. The molecule has 0 aliphatic rings. The second-order valence-corrected chi connectivity index (χ2v) is 11.1. The van der Waals surface area contributed by atoms with Crippen LogP contribution >= 0.6 is 0 Å². The summed E-state index contributed by atoms with van der Waals surface area (Å²) in [5, 5.41) is 0. The summed E-state index contributed by atoms with van der Waals surface area (Å²) in [6, 6.07) is 15.4. The van der Waals surface area contributed by atoms with Gasteiger partial charge in [-0.15, -0.1) is 0 Å². The molecule has 0 bridgehead atoms. The quantitative estimate of drug-likeness (QED) is 0.500. The van der Waals surface area contributed by atoms with Gasteiger partial charge in [0.15, 0.2) is 0 Å². The smallest absolute Gasteiger partial charge is 0.321 e. The molecule has 0 saturated carbocycles. The van der Waals surface area contributed by atoms with Gasteiger partial charge in [0.25, 0.3) is 0 Å². The van der Waals surface area contributed by atoms with Crippen molar-refractivity contribution in [2.45, 2.75) is 91.5 Å². The molecule has 2 aromatic rings. The van der Waals surface area contributed by atoms with Crippen molar-refractivity contribution in [3.63, 3.8) is 0 Å². The van der Waals surface area contributed by atoms with E-state index < -0.39 is 11.0 Å². The highest BCUT2D eigenvalue weighted by Crippen LogP contribution is 2.37. The highest BCUT2D eigenvalue weighted by molar-refractivity contribution is 5.87. The predicted molar refractivity (Wildman–Crippen MR) is 126 cm³/mol. The lowest BCUT2D eigenvalue weighted by atomic mass is 9.76. The molecule has 0 spiro atoms. The van der Waals surface area contributed by atoms with E-state index in [0.717, 1.165) is 22.6 Å². The third-order valence-electron chi connectivity index (χ3n) is 4.52. The highest BCUT2D eigenvalue weighted by Gasteiger charge is 2.41. The minimum atomic E-state index is -0.978. The van der Waals surface area contributed by atoms with Gasteiger partial charge in [-0.3, -0.25) is 4.79 Å². The maximum absolute atomic E-state index is 13.4. The van der Waals surface area contributed by atoms with Crippen LogP contribution in [-0.2, 0) is 14.9 Å². The van der Waals surface area contributed by atoms with Crippen molar-refractivity contribution in [2.75, 3.05) is 0 Å². The van der Waals surface area contributed by atoms with Crippen molar-refractivity contribution in [2.24, 2.45) is 0 Å². The second kappa shape index (κ2) is 8.57. The van der Waals surface area contributed by atoms with Gasteiger partial charge in [0.05, 0.1) is 0 Å². The molecule has 0 saturated heterocycles. The second-order valence-electron chi connectivity index (χ2n) is 11.1. The Morgan fingerprint density at radius 2 is 0.871 bits per heavy atom. The fraction of sp³-hybridized carbons (Fsp3) is 0.519. The van der Waals surface area contributed by atoms with E-state index in [2.05, 4.69) is 0 Å². The van der Waals surface area contributed by atoms with Gasteiger partial charge in [0.1, 0.15) is 33.7 Å². The van der Waals surface area contributed by atoms with Gasteiger partial charge in [-0.25, -0.2) is 0 Å². The molecule has 0 aromatic heterocycles. The van der Waals surface area contributed by atoms with Crippen LogP contribution in [0, 0.1) is 0 Å². The average molecular weight is 427 g/mol. The van der Waals surface area contributed by atoms with Crippen LogP contribution in [0.3, 0.4) is 0 Å². The predicted octanol–water partition coefficient (Wildman–Crippen LogP) is 6.69. The zero-order valence-corrected chi connectivity index (χ0v) is 20.8. The van der Waals surface area contributed by atoms with Crippen LogP contribution in [0.2, 0.25) is 0 Å². The van der Waals surface area contributed by atoms with Crippen molar-refractivity contribution in [1.29, 1.82) is 0 Å². The van der Waals surface area contributed by atoms with Crippen LogP contribution in [0.15, 0.2) is 48.5 Å². The number of hydrogen-bond acceptors (Lipinski definition) is 4. The fourth-order valence-electron chi connectivity index (χ4n) is 3.20. The first kappa shape index (κ1) is 24.8. The van der Waals surface area contributed by atoms with E-state index in [4.69, 9.17) is 14.2 Å². The minimum Gasteiger partial charge on any atom is -0.488 e. The van der Waals surface area contributed by atoms with Crippen LogP contribution < -0.4 is 9.47 Å². The molecular weight excluding hydrogens is 388 g/mol. The molecule has 0 aliphatic heterocycles. The molecular formula is C27H38O4. The molecule has 170 valence electrons. The Bertz CT molecular complexity index is 814. The lowest BCUT2D eigenvalue weighted by Crippen LogP contribution is -2.40. The molecule has 0 unspecified atom stereocenters. The van der Waals surface area contributed by atoms with Gasteiger partial charge in [0, 0.05) is 0 Å². The van der Waals surface area contributed by atoms with Crippen LogP contribution in [0.25, 0.3) is 0 Å². The first-order valence-electron chi connectivity index (χ1n) is 10.8. The number of carbonyl (C=O) groups is 1. The van der Waals surface area contributed by atoms with E-state index >= 15 is 0 Å². The van der Waals surface area contributed by atoms with Gasteiger partial charge >= 0.3 is 5.97 Å². The zero-order chi connectivity index (χ0) is 23.7. The number of benzene rings is 2. The topological polar surface area (TPSA) is 44.8 Å². The first-order valence-corrected chi connectivity index (χ1v) is 10.8. The van der Waals surface area contributed by atoms with E-state index in [1.54, 1.807) is 0 Å². The first-order chi connectivity index (χ1) is 14.0. The zero-order valence-electron chi connectivity index (χ0n) is 20.8. The van der Waals surface area contributed by atoms with Crippen LogP contribution in [0.4, 0.5) is 0 Å². The van der Waals surface area contributed by atoms with Crippen molar-refractivity contribution in [3.8, 4) is 11.5 Å². The Labute approximate surface area is 187 Å². The molecule has 0 heterocycles. The average Bonchev–Trinajstić information content (AvgIpc) is 2.58. The Balaban J connectivity index is 2.48. The SMILES string of the molecule is CC(C)(C)OC(=O)C(C)(c1ccc(OC(C)(C)C)cc1)c1ccc(OC(C)(C)C)cc1. The van der Waals surface area contributed by atoms with E-state index in [9.17, 15) is 4.79 Å². The summed E-state index contributed by atoms with van der Waals surface area (Å²) in [6.07, 6.45) is 0. The summed E-state index contributed by atoms with van der Waals surface area (Å²) in [6.45, 7) is 19.6. The molecule has 2 aromatic carbocycles. The van der Waals surface area contributed by atoms with E-state index in [-0.39, 0.29) is 17.2 Å². The number of ether oxygens (including phenoxy) is 3. The molecule has 4 nitrogen and oxygen atoms in total. The molecule has 0 aliphatic carbocycles. The Hall–Kier alpha value is -2.49. The minimum absolute atomic E-state index is 0.293. The van der Waals surface area contributed by atoms with E-state index in [0.29, 0.717) is 0 Å². The lowest BCUT2D eigenvalue weighted by molar-refractivity contribution is -0.159. The fourth-order valence-corrected chi connectivity index (χ4v) is 3.20. The summed E-state index contributed by atoms with van der Waals surface area (Å²) < 4.78 is 17.7. The van der Waals surface area contributed by atoms with E-state index in [1.165, 1.54) is 0 Å². The normalized spacial score (nSPS) is 13.0. The third kappa shape index (κ3) is 7.02. The van der Waals surface area contributed by atoms with Crippen LogP contribution in [0.1, 0.15) is 80.4 Å². The van der Waals surface area contributed by atoms with Gasteiger partial charge in [0.2, 0.25) is 0 Å². The maximum atomic E-state index is 13.4. The number of esters is 1. The van der Waals surface area contributed by atoms with Crippen molar-refractivity contribution in [3.05, 3.63) is 59.7 Å². The Kier molecular flexibility index (Phi) is 6.85. The molecule has 31 heavy (non-hydrogen) atoms. The standard InChI is InChI=1S/C27H38O4/c1-24(2,3)29-21-15-11-19(12-16-21)27(10,23(28)31-26(7,8)9)20-13-17-22(18-14-20)30-25(4,5)6/h11-18H,1-10H3. The van der Waals surface area contributed by atoms with Gasteiger partial charge in [-0.1, -0.05) is 24.3 Å². The van der Waals surface area contributed by atoms with Gasteiger partial charge in [-0.05, 0) is 105 Å². The Morgan fingerprint density at radius 3 is 1.13 bits per heavy atom. The molecule has 0 radical (unpaired) electrons. The summed E-state index contributed by atoms with van der Waals surface area (Å²) in [5.74, 6) is 1.22. The molecule has 4 heteroatoms.